The Morgan fingerprint density at radius 3 is 2.66 bits per heavy atom. The van der Waals surface area contributed by atoms with E-state index in [1.54, 1.807) is 6.07 Å². The summed E-state index contributed by atoms with van der Waals surface area (Å²) in [6, 6.07) is 27.4. The summed E-state index contributed by atoms with van der Waals surface area (Å²) in [6.45, 7) is 2.18. The zero-order chi connectivity index (χ0) is 24.2. The molecule has 0 saturated heterocycles. The summed E-state index contributed by atoms with van der Waals surface area (Å²) < 4.78 is 20.7. The highest BCUT2D eigenvalue weighted by molar-refractivity contribution is 5.88. The number of carboxylic acid groups (broad SMARTS) is 1. The van der Waals surface area contributed by atoms with Crippen molar-refractivity contribution in [2.24, 2.45) is 0 Å². The molecule has 4 aromatic rings. The summed E-state index contributed by atoms with van der Waals surface area (Å²) in [7, 11) is 0. The van der Waals surface area contributed by atoms with Gasteiger partial charge >= 0.3 is 5.97 Å². The second-order valence-electron chi connectivity index (χ2n) is 9.72. The lowest BCUT2D eigenvalue weighted by atomic mass is 9.82. The molecular weight excluding hydrogens is 441 g/mol. The monoisotopic (exact) mass is 467 g/mol. The van der Waals surface area contributed by atoms with Gasteiger partial charge in [-0.25, -0.2) is 9.18 Å². The van der Waals surface area contributed by atoms with Gasteiger partial charge in [0.2, 0.25) is 0 Å². The molecule has 4 atom stereocenters. The van der Waals surface area contributed by atoms with Gasteiger partial charge in [-0.3, -0.25) is 0 Å². The Hall–Kier alpha value is -3.70. The molecule has 35 heavy (non-hydrogen) atoms. The number of rotatable bonds is 5. The van der Waals surface area contributed by atoms with E-state index in [4.69, 9.17) is 4.74 Å². The number of carbonyl (C=O) groups is 1. The average molecular weight is 468 g/mol. The number of ether oxygens (including phenoxy) is 1. The lowest BCUT2D eigenvalue weighted by molar-refractivity contribution is 0.0691. The molecule has 0 radical (unpaired) electrons. The smallest absolute Gasteiger partial charge is 0.338 e. The normalized spacial score (nSPS) is 23.5. The van der Waals surface area contributed by atoms with Crippen LogP contribution in [0.2, 0.25) is 0 Å². The number of fused-ring (bicyclic) bond motifs is 2. The molecule has 0 amide bonds. The molecule has 1 spiro atoms. The second-order valence-corrected chi connectivity index (χ2v) is 9.72. The first-order valence-corrected chi connectivity index (χ1v) is 12.0. The van der Waals surface area contributed by atoms with Crippen molar-refractivity contribution < 1.29 is 19.0 Å². The molecule has 0 bridgehead atoms. The molecule has 2 N–H and O–H groups in total. The number of hydrogen-bond donors (Lipinski definition) is 2. The van der Waals surface area contributed by atoms with Crippen LogP contribution in [0.5, 0.6) is 5.75 Å². The van der Waals surface area contributed by atoms with Gasteiger partial charge in [0.15, 0.2) is 0 Å². The van der Waals surface area contributed by atoms with Crippen molar-refractivity contribution in [3.05, 3.63) is 113 Å². The van der Waals surface area contributed by atoms with E-state index in [9.17, 15) is 14.3 Å². The Bertz CT molecular complexity index is 1450. The van der Waals surface area contributed by atoms with E-state index in [1.807, 2.05) is 24.3 Å². The summed E-state index contributed by atoms with van der Waals surface area (Å²) in [5, 5.41) is 15.7. The molecule has 1 aliphatic carbocycles. The van der Waals surface area contributed by atoms with Crippen molar-refractivity contribution in [1.29, 1.82) is 0 Å². The number of halogens is 1. The van der Waals surface area contributed by atoms with E-state index in [-0.39, 0.29) is 29.2 Å². The third kappa shape index (κ3) is 3.76. The van der Waals surface area contributed by atoms with Crippen molar-refractivity contribution in [3.63, 3.8) is 0 Å². The summed E-state index contributed by atoms with van der Waals surface area (Å²) in [5.74, 6) is -1.23. The van der Waals surface area contributed by atoms with Crippen LogP contribution in [0.3, 0.4) is 0 Å². The van der Waals surface area contributed by atoms with Gasteiger partial charge in [0.05, 0.1) is 11.6 Å². The molecule has 5 heteroatoms. The molecule has 1 heterocycles. The van der Waals surface area contributed by atoms with Gasteiger partial charge in [-0.15, -0.1) is 0 Å². The molecule has 1 fully saturated rings. The van der Waals surface area contributed by atoms with Crippen LogP contribution in [-0.4, -0.2) is 22.7 Å². The van der Waals surface area contributed by atoms with Crippen LogP contribution in [0.15, 0.2) is 84.9 Å². The van der Waals surface area contributed by atoms with Crippen molar-refractivity contribution in [2.45, 2.75) is 43.4 Å². The number of aromatic carboxylic acids is 1. The van der Waals surface area contributed by atoms with Gasteiger partial charge in [-0.2, -0.15) is 0 Å². The number of nitrogens with one attached hydrogen (secondary N) is 1. The molecule has 2 unspecified atom stereocenters. The fourth-order valence-corrected chi connectivity index (χ4v) is 5.65. The van der Waals surface area contributed by atoms with Gasteiger partial charge < -0.3 is 15.2 Å². The van der Waals surface area contributed by atoms with Crippen LogP contribution < -0.4 is 10.1 Å². The first kappa shape index (κ1) is 21.8. The Balaban J connectivity index is 1.30. The van der Waals surface area contributed by atoms with Crippen LogP contribution in [0.4, 0.5) is 4.39 Å². The molecule has 6 rings (SSSR count). The Labute approximate surface area is 203 Å². The highest BCUT2D eigenvalue weighted by Crippen LogP contribution is 2.55. The van der Waals surface area contributed by atoms with E-state index in [0.29, 0.717) is 6.42 Å². The van der Waals surface area contributed by atoms with Crippen molar-refractivity contribution in [3.8, 4) is 5.75 Å². The summed E-state index contributed by atoms with van der Waals surface area (Å²) in [4.78, 5) is 11.6. The third-order valence-electron chi connectivity index (χ3n) is 7.55. The molecular formula is C30H26FNO3. The van der Waals surface area contributed by atoms with E-state index < -0.39 is 11.8 Å². The highest BCUT2D eigenvalue weighted by Gasteiger charge is 2.60. The molecule has 4 nitrogen and oxygen atoms in total. The molecule has 0 aromatic heterocycles. The lowest BCUT2D eigenvalue weighted by Gasteiger charge is -2.34. The number of para-hydroxylation sites is 1. The van der Waals surface area contributed by atoms with E-state index in [0.717, 1.165) is 23.3 Å². The quantitative estimate of drug-likeness (QED) is 0.354. The van der Waals surface area contributed by atoms with Gasteiger partial charge in [0, 0.05) is 23.9 Å². The maximum atomic E-state index is 14.1. The minimum Gasteiger partial charge on any atom is -0.485 e. The maximum Gasteiger partial charge on any atom is 0.338 e. The minimum atomic E-state index is -1.26. The van der Waals surface area contributed by atoms with Crippen molar-refractivity contribution in [2.75, 3.05) is 0 Å². The Morgan fingerprint density at radius 1 is 1.03 bits per heavy atom. The number of benzene rings is 4. The fourth-order valence-electron chi connectivity index (χ4n) is 5.65. The number of hydrogen-bond acceptors (Lipinski definition) is 3. The van der Waals surface area contributed by atoms with Crippen molar-refractivity contribution in [1.82, 2.24) is 5.32 Å². The Morgan fingerprint density at radius 2 is 1.80 bits per heavy atom. The number of carboxylic acids is 1. The van der Waals surface area contributed by atoms with Crippen LogP contribution in [0.25, 0.3) is 10.8 Å². The molecule has 2 aliphatic rings. The minimum absolute atomic E-state index is 0.0710. The van der Waals surface area contributed by atoms with Crippen LogP contribution in [-0.2, 0) is 0 Å². The van der Waals surface area contributed by atoms with Gasteiger partial charge in [0.25, 0.3) is 0 Å². The standard InChI is InChI=1S/C30H26FNO3/c1-18(21-11-6-8-19-7-2-3-9-22(19)21)32-28-17-30(28)16-25(23-10-4-5-12-27(23)35-30)20-13-14-26(31)24(15-20)29(33)34/h2-15,18,25,28,32H,16-17H2,1H3,(H,33,34)/t18-,25+,28?,30?/m1/s1. The van der Waals surface area contributed by atoms with Gasteiger partial charge in [-0.05, 0) is 53.4 Å². The third-order valence-corrected chi connectivity index (χ3v) is 7.55. The predicted molar refractivity (Wildman–Crippen MR) is 134 cm³/mol. The zero-order valence-electron chi connectivity index (χ0n) is 19.4. The SMILES string of the molecule is C[C@@H](NC1CC12C[C@@H](c1ccc(F)c(C(=O)O)c1)c1ccccc1O2)c1cccc2ccccc12. The van der Waals surface area contributed by atoms with Gasteiger partial charge in [-0.1, -0.05) is 66.7 Å². The maximum absolute atomic E-state index is 14.1. The Kier molecular flexibility index (Phi) is 5.11. The largest absolute Gasteiger partial charge is 0.485 e. The van der Waals surface area contributed by atoms with Crippen LogP contribution in [0, 0.1) is 5.82 Å². The molecule has 4 aromatic carbocycles. The molecule has 176 valence electrons. The topological polar surface area (TPSA) is 58.6 Å². The fraction of sp³-hybridized carbons (Fsp3) is 0.233. The van der Waals surface area contributed by atoms with Gasteiger partial charge in [0.1, 0.15) is 17.2 Å². The summed E-state index contributed by atoms with van der Waals surface area (Å²) in [5.41, 5.74) is 2.38. The van der Waals surface area contributed by atoms with Crippen LogP contribution >= 0.6 is 0 Å². The molecule has 1 aliphatic heterocycles. The highest BCUT2D eigenvalue weighted by atomic mass is 19.1. The average Bonchev–Trinajstić information content (AvgIpc) is 3.52. The van der Waals surface area contributed by atoms with E-state index in [1.165, 1.54) is 28.5 Å². The summed E-state index contributed by atoms with van der Waals surface area (Å²) in [6.07, 6.45) is 1.56. The van der Waals surface area contributed by atoms with Crippen molar-refractivity contribution >= 4 is 16.7 Å². The van der Waals surface area contributed by atoms with E-state index in [2.05, 4.69) is 54.7 Å². The first-order chi connectivity index (χ1) is 16.9. The van der Waals surface area contributed by atoms with Crippen LogP contribution in [0.1, 0.15) is 58.8 Å². The summed E-state index contributed by atoms with van der Waals surface area (Å²) >= 11 is 0. The molecule has 1 saturated carbocycles. The second kappa shape index (κ2) is 8.21. The lowest BCUT2D eigenvalue weighted by Crippen LogP contribution is -2.37. The van der Waals surface area contributed by atoms with E-state index >= 15 is 0 Å². The predicted octanol–water partition coefficient (Wildman–Crippen LogP) is 6.45. The zero-order valence-corrected chi connectivity index (χ0v) is 19.4. The first-order valence-electron chi connectivity index (χ1n) is 12.0.